The Morgan fingerprint density at radius 2 is 1.87 bits per heavy atom. The molecule has 1 aliphatic rings. The second-order valence-electron chi connectivity index (χ2n) is 6.71. The van der Waals surface area contributed by atoms with Crippen LogP contribution in [0.3, 0.4) is 0 Å². The number of benzene rings is 3. The Morgan fingerprint density at radius 1 is 1.07 bits per heavy atom. The molecule has 0 unspecified atom stereocenters. The van der Waals surface area contributed by atoms with Crippen molar-refractivity contribution in [3.05, 3.63) is 90.0 Å². The lowest BCUT2D eigenvalue weighted by Gasteiger charge is -2.18. The summed E-state index contributed by atoms with van der Waals surface area (Å²) >= 11 is 0. The molecule has 3 aromatic carbocycles. The van der Waals surface area contributed by atoms with E-state index in [0.29, 0.717) is 23.7 Å². The molecule has 3 aromatic rings. The first-order chi connectivity index (χ1) is 14.7. The summed E-state index contributed by atoms with van der Waals surface area (Å²) in [5, 5.41) is 5.48. The number of hydrogen-bond donors (Lipinski definition) is 2. The van der Waals surface area contributed by atoms with Gasteiger partial charge in [-0.2, -0.15) is 0 Å². The van der Waals surface area contributed by atoms with Crippen molar-refractivity contribution in [2.24, 2.45) is 0 Å². The van der Waals surface area contributed by atoms with Crippen molar-refractivity contribution in [1.29, 1.82) is 0 Å². The Kier molecular flexibility index (Phi) is 5.75. The molecule has 0 fully saturated rings. The van der Waals surface area contributed by atoms with Gasteiger partial charge in [-0.25, -0.2) is 0 Å². The maximum Gasteiger partial charge on any atom is 0.262 e. The second-order valence-corrected chi connectivity index (χ2v) is 6.71. The number of hydrogen-bond acceptors (Lipinski definition) is 4. The zero-order valence-electron chi connectivity index (χ0n) is 16.1. The van der Waals surface area contributed by atoms with Crippen molar-refractivity contribution in [2.45, 2.75) is 6.61 Å². The lowest BCUT2D eigenvalue weighted by Crippen LogP contribution is -2.25. The quantitative estimate of drug-likeness (QED) is 0.607. The molecule has 4 rings (SSSR count). The van der Waals surface area contributed by atoms with Crippen LogP contribution >= 0.6 is 0 Å². The van der Waals surface area contributed by atoms with Crippen LogP contribution in [0.5, 0.6) is 11.5 Å². The zero-order chi connectivity index (χ0) is 20.8. The zero-order valence-corrected chi connectivity index (χ0v) is 16.1. The van der Waals surface area contributed by atoms with E-state index in [0.717, 1.165) is 16.9 Å². The van der Waals surface area contributed by atoms with Crippen LogP contribution in [0.2, 0.25) is 0 Å². The standard InChI is InChI=1S/C24H20N2O4/c27-23(25-19-9-12-22-21(14-19)26-24(28)16-30-22)13-8-17-6-10-20(11-7-17)29-15-18-4-2-1-3-5-18/h1-14H,15-16H2,(H,25,27)(H,26,28). The van der Waals surface area contributed by atoms with Crippen molar-refractivity contribution in [3.63, 3.8) is 0 Å². The minimum absolute atomic E-state index is 0.00245. The third kappa shape index (κ3) is 5.05. The molecule has 2 amide bonds. The Labute approximate surface area is 174 Å². The lowest BCUT2D eigenvalue weighted by atomic mass is 10.2. The van der Waals surface area contributed by atoms with Crippen LogP contribution in [0.1, 0.15) is 11.1 Å². The number of rotatable bonds is 6. The molecule has 30 heavy (non-hydrogen) atoms. The normalized spacial score (nSPS) is 12.6. The Hall–Kier alpha value is -4.06. The van der Waals surface area contributed by atoms with E-state index >= 15 is 0 Å². The van der Waals surface area contributed by atoms with E-state index < -0.39 is 0 Å². The smallest absolute Gasteiger partial charge is 0.262 e. The first kappa shape index (κ1) is 19.3. The summed E-state index contributed by atoms with van der Waals surface area (Å²) in [5.41, 5.74) is 3.09. The van der Waals surface area contributed by atoms with Gasteiger partial charge in [0.25, 0.3) is 5.91 Å². The van der Waals surface area contributed by atoms with Crippen LogP contribution < -0.4 is 20.1 Å². The third-order valence-corrected chi connectivity index (χ3v) is 4.44. The van der Waals surface area contributed by atoms with Crippen molar-refractivity contribution in [2.75, 3.05) is 17.2 Å². The van der Waals surface area contributed by atoms with Gasteiger partial charge in [0.2, 0.25) is 5.91 Å². The van der Waals surface area contributed by atoms with Crippen LogP contribution in [0.25, 0.3) is 6.08 Å². The highest BCUT2D eigenvalue weighted by Crippen LogP contribution is 2.30. The molecular weight excluding hydrogens is 380 g/mol. The molecule has 1 heterocycles. The Morgan fingerprint density at radius 3 is 2.67 bits per heavy atom. The molecule has 0 spiro atoms. The van der Waals surface area contributed by atoms with E-state index in [1.807, 2.05) is 54.6 Å². The van der Waals surface area contributed by atoms with Gasteiger partial charge in [-0.1, -0.05) is 42.5 Å². The van der Waals surface area contributed by atoms with Crippen LogP contribution in [0, 0.1) is 0 Å². The van der Waals surface area contributed by atoms with E-state index in [-0.39, 0.29) is 18.4 Å². The number of ether oxygens (including phenoxy) is 2. The minimum atomic E-state index is -0.276. The van der Waals surface area contributed by atoms with Gasteiger partial charge < -0.3 is 20.1 Å². The van der Waals surface area contributed by atoms with Crippen molar-refractivity contribution < 1.29 is 19.1 Å². The molecule has 0 bridgehead atoms. The average molecular weight is 400 g/mol. The Bertz CT molecular complexity index is 1080. The number of amides is 2. The van der Waals surface area contributed by atoms with E-state index in [1.54, 1.807) is 24.3 Å². The van der Waals surface area contributed by atoms with Gasteiger partial charge in [-0.15, -0.1) is 0 Å². The molecule has 0 radical (unpaired) electrons. The van der Waals surface area contributed by atoms with Gasteiger partial charge in [0, 0.05) is 11.8 Å². The van der Waals surface area contributed by atoms with Crippen molar-refractivity contribution in [3.8, 4) is 11.5 Å². The van der Waals surface area contributed by atoms with E-state index in [9.17, 15) is 9.59 Å². The minimum Gasteiger partial charge on any atom is -0.489 e. The largest absolute Gasteiger partial charge is 0.489 e. The van der Waals surface area contributed by atoms with Gasteiger partial charge in [-0.05, 0) is 47.5 Å². The predicted molar refractivity (Wildman–Crippen MR) is 115 cm³/mol. The summed E-state index contributed by atoms with van der Waals surface area (Å²) in [5.74, 6) is 0.848. The van der Waals surface area contributed by atoms with E-state index in [4.69, 9.17) is 9.47 Å². The molecule has 2 N–H and O–H groups in total. The highest BCUT2D eigenvalue weighted by molar-refractivity contribution is 6.03. The summed E-state index contributed by atoms with van der Waals surface area (Å²) in [6.07, 6.45) is 3.17. The van der Waals surface area contributed by atoms with Crippen molar-refractivity contribution >= 4 is 29.3 Å². The molecule has 0 atom stereocenters. The fourth-order valence-corrected chi connectivity index (χ4v) is 2.93. The van der Waals surface area contributed by atoms with Crippen LogP contribution in [-0.2, 0) is 16.2 Å². The number of nitrogens with one attached hydrogen (secondary N) is 2. The average Bonchev–Trinajstić information content (AvgIpc) is 2.77. The molecule has 0 saturated heterocycles. The van der Waals surface area contributed by atoms with Crippen LogP contribution in [0.15, 0.2) is 78.9 Å². The highest BCUT2D eigenvalue weighted by Gasteiger charge is 2.16. The van der Waals surface area contributed by atoms with E-state index in [2.05, 4.69) is 10.6 Å². The monoisotopic (exact) mass is 400 g/mol. The maximum absolute atomic E-state index is 12.2. The topological polar surface area (TPSA) is 76.7 Å². The summed E-state index contributed by atoms with van der Waals surface area (Å²) < 4.78 is 11.1. The summed E-state index contributed by atoms with van der Waals surface area (Å²) in [7, 11) is 0. The third-order valence-electron chi connectivity index (χ3n) is 4.44. The fourth-order valence-electron chi connectivity index (χ4n) is 2.93. The molecular formula is C24H20N2O4. The van der Waals surface area contributed by atoms with Gasteiger partial charge in [0.1, 0.15) is 18.1 Å². The summed E-state index contributed by atoms with van der Waals surface area (Å²) in [6.45, 7) is 0.502. The number of fused-ring (bicyclic) bond motifs is 1. The second kappa shape index (κ2) is 8.96. The van der Waals surface area contributed by atoms with Gasteiger partial charge in [0.05, 0.1) is 5.69 Å². The van der Waals surface area contributed by atoms with Gasteiger partial charge in [-0.3, -0.25) is 9.59 Å². The number of anilines is 2. The van der Waals surface area contributed by atoms with Crippen molar-refractivity contribution in [1.82, 2.24) is 0 Å². The highest BCUT2D eigenvalue weighted by atomic mass is 16.5. The lowest BCUT2D eigenvalue weighted by molar-refractivity contribution is -0.118. The Balaban J connectivity index is 1.31. The SMILES string of the molecule is O=C(C=Cc1ccc(OCc2ccccc2)cc1)Nc1ccc2c(c1)NC(=O)CO2. The molecule has 1 aliphatic heterocycles. The predicted octanol–water partition coefficient (Wildman–Crippen LogP) is 4.25. The van der Waals surface area contributed by atoms with Crippen LogP contribution in [-0.4, -0.2) is 18.4 Å². The molecule has 150 valence electrons. The number of carbonyl (C=O) groups excluding carboxylic acids is 2. The van der Waals surface area contributed by atoms with Gasteiger partial charge >= 0.3 is 0 Å². The number of carbonyl (C=O) groups is 2. The molecule has 0 saturated carbocycles. The molecule has 6 heteroatoms. The first-order valence-electron chi connectivity index (χ1n) is 9.48. The molecule has 0 aromatic heterocycles. The first-order valence-corrected chi connectivity index (χ1v) is 9.48. The molecule has 6 nitrogen and oxygen atoms in total. The maximum atomic E-state index is 12.2. The van der Waals surface area contributed by atoms with Crippen LogP contribution in [0.4, 0.5) is 11.4 Å². The molecule has 0 aliphatic carbocycles. The summed E-state index contributed by atoms with van der Waals surface area (Å²) in [4.78, 5) is 23.6. The van der Waals surface area contributed by atoms with E-state index in [1.165, 1.54) is 6.08 Å². The summed E-state index contributed by atoms with van der Waals surface area (Å²) in [6, 6.07) is 22.6. The van der Waals surface area contributed by atoms with Gasteiger partial charge in [0.15, 0.2) is 6.61 Å². The fraction of sp³-hybridized carbons (Fsp3) is 0.0833.